The Kier molecular flexibility index (Phi) is 8.08. The zero-order chi connectivity index (χ0) is 24.0. The quantitative estimate of drug-likeness (QED) is 0.391. The lowest BCUT2D eigenvalue weighted by Gasteiger charge is -2.38. The van der Waals surface area contributed by atoms with Crippen LogP contribution in [0.1, 0.15) is 62.5 Å². The molecule has 1 atom stereocenters. The molecule has 0 bridgehead atoms. The lowest BCUT2D eigenvalue weighted by Crippen LogP contribution is -2.33. The van der Waals surface area contributed by atoms with Crippen molar-refractivity contribution < 1.29 is 34.7 Å². The molecule has 0 spiro atoms. The maximum atomic E-state index is 13.0. The Labute approximate surface area is 194 Å². The fraction of sp³-hybridized carbons (Fsp3) is 0.500. The van der Waals surface area contributed by atoms with Crippen molar-refractivity contribution in [2.24, 2.45) is 0 Å². The van der Waals surface area contributed by atoms with Crippen molar-refractivity contribution in [3.63, 3.8) is 0 Å². The van der Waals surface area contributed by atoms with E-state index in [2.05, 4.69) is 0 Å². The monoisotopic (exact) mass is 458 g/mol. The van der Waals surface area contributed by atoms with Gasteiger partial charge in [0, 0.05) is 18.3 Å². The van der Waals surface area contributed by atoms with E-state index in [-0.39, 0.29) is 41.6 Å². The molecular weight excluding hydrogens is 424 g/mol. The van der Waals surface area contributed by atoms with Crippen LogP contribution in [0.15, 0.2) is 30.3 Å². The molecule has 1 aliphatic rings. The van der Waals surface area contributed by atoms with Crippen molar-refractivity contribution in [3.8, 4) is 28.7 Å². The zero-order valence-corrected chi connectivity index (χ0v) is 19.3. The van der Waals surface area contributed by atoms with E-state index in [1.165, 1.54) is 20.3 Å². The van der Waals surface area contributed by atoms with Crippen molar-refractivity contribution in [2.75, 3.05) is 14.2 Å². The number of aliphatic hydroxyl groups excluding tert-OH is 1. The number of ether oxygens (including phenoxy) is 2. The summed E-state index contributed by atoms with van der Waals surface area (Å²) in [5, 5.41) is 40.4. The van der Waals surface area contributed by atoms with Gasteiger partial charge >= 0.3 is 0 Å². The Bertz CT molecular complexity index is 963. The van der Waals surface area contributed by atoms with Crippen molar-refractivity contribution in [3.05, 3.63) is 41.5 Å². The number of carbonyl (C=O) groups excluding carboxylic acids is 1. The van der Waals surface area contributed by atoms with E-state index in [1.54, 1.807) is 24.3 Å². The van der Waals surface area contributed by atoms with Gasteiger partial charge in [0.15, 0.2) is 23.0 Å². The third-order valence-corrected chi connectivity index (χ3v) is 6.71. The van der Waals surface area contributed by atoms with Gasteiger partial charge in [-0.1, -0.05) is 25.3 Å². The fourth-order valence-electron chi connectivity index (χ4n) is 4.88. The molecular formula is C26H34O7. The van der Waals surface area contributed by atoms with Crippen LogP contribution in [0.25, 0.3) is 0 Å². The minimum absolute atomic E-state index is 0.0285. The molecule has 2 aromatic carbocycles. The molecule has 0 amide bonds. The molecule has 0 radical (unpaired) electrons. The second-order valence-corrected chi connectivity index (χ2v) is 9.01. The Morgan fingerprint density at radius 2 is 1.67 bits per heavy atom. The standard InChI is InChI=1S/C26H34O7/c1-32-23-12-17(7-9-21(23)29)6-8-19(27)15-20(28)16-26(10-4-3-5-11-26)18-13-22(30)25(31)24(14-18)33-2/h7,9,12-14,19,27,29-31H,3-6,8,10-11,15-16H2,1-2H3/t19-/m1/s1. The summed E-state index contributed by atoms with van der Waals surface area (Å²) in [5.74, 6) is 0.0356. The number of methoxy groups -OCH3 is 2. The number of aliphatic hydroxyl groups is 1. The third kappa shape index (κ3) is 5.90. The van der Waals surface area contributed by atoms with Gasteiger partial charge in [-0.15, -0.1) is 0 Å². The summed E-state index contributed by atoms with van der Waals surface area (Å²) < 4.78 is 10.3. The number of Topliss-reactive ketones (excluding diaryl/α,β-unsaturated/α-hetero) is 1. The van der Waals surface area contributed by atoms with Crippen molar-refractivity contribution >= 4 is 5.78 Å². The zero-order valence-electron chi connectivity index (χ0n) is 19.3. The Morgan fingerprint density at radius 3 is 2.33 bits per heavy atom. The van der Waals surface area contributed by atoms with Gasteiger partial charge in [-0.05, 0) is 61.1 Å². The largest absolute Gasteiger partial charge is 0.504 e. The molecule has 2 aromatic rings. The number of aromatic hydroxyl groups is 3. The maximum Gasteiger partial charge on any atom is 0.200 e. The van der Waals surface area contributed by atoms with Crippen LogP contribution in [0.4, 0.5) is 0 Å². The van der Waals surface area contributed by atoms with Gasteiger partial charge in [0.05, 0.1) is 20.3 Å². The number of rotatable bonds is 10. The van der Waals surface area contributed by atoms with Gasteiger partial charge in [0.1, 0.15) is 5.78 Å². The van der Waals surface area contributed by atoms with E-state index in [0.717, 1.165) is 43.2 Å². The highest BCUT2D eigenvalue weighted by molar-refractivity contribution is 5.80. The summed E-state index contributed by atoms with van der Waals surface area (Å²) in [6.45, 7) is 0. The number of carbonyl (C=O) groups is 1. The molecule has 3 rings (SSSR count). The average Bonchev–Trinajstić information content (AvgIpc) is 2.80. The smallest absolute Gasteiger partial charge is 0.200 e. The molecule has 7 nitrogen and oxygen atoms in total. The molecule has 0 heterocycles. The van der Waals surface area contributed by atoms with Crippen LogP contribution in [0.2, 0.25) is 0 Å². The van der Waals surface area contributed by atoms with E-state index < -0.39 is 11.5 Å². The van der Waals surface area contributed by atoms with Gasteiger partial charge in [0.25, 0.3) is 0 Å². The number of phenolic OH excluding ortho intramolecular Hbond substituents is 3. The predicted molar refractivity (Wildman–Crippen MR) is 124 cm³/mol. The number of hydrogen-bond donors (Lipinski definition) is 4. The molecule has 7 heteroatoms. The topological polar surface area (TPSA) is 116 Å². The molecule has 180 valence electrons. The average molecular weight is 459 g/mol. The number of benzene rings is 2. The highest BCUT2D eigenvalue weighted by Gasteiger charge is 2.37. The van der Waals surface area contributed by atoms with Crippen LogP contribution in [-0.2, 0) is 16.6 Å². The molecule has 0 saturated heterocycles. The van der Waals surface area contributed by atoms with Crippen LogP contribution in [0.5, 0.6) is 28.7 Å². The minimum atomic E-state index is -0.777. The van der Waals surface area contributed by atoms with Gasteiger partial charge in [-0.2, -0.15) is 0 Å². The molecule has 1 fully saturated rings. The molecule has 1 saturated carbocycles. The molecule has 0 aliphatic heterocycles. The van der Waals surface area contributed by atoms with Crippen molar-refractivity contribution in [1.82, 2.24) is 0 Å². The van der Waals surface area contributed by atoms with Gasteiger partial charge in [-0.3, -0.25) is 4.79 Å². The Morgan fingerprint density at radius 1 is 0.970 bits per heavy atom. The molecule has 0 unspecified atom stereocenters. The maximum absolute atomic E-state index is 13.0. The van der Waals surface area contributed by atoms with Gasteiger partial charge in [0.2, 0.25) is 5.75 Å². The first-order chi connectivity index (χ1) is 15.8. The number of aryl methyl sites for hydroxylation is 1. The summed E-state index contributed by atoms with van der Waals surface area (Å²) in [6, 6.07) is 8.30. The van der Waals surface area contributed by atoms with Crippen LogP contribution in [0, 0.1) is 0 Å². The summed E-state index contributed by atoms with van der Waals surface area (Å²) >= 11 is 0. The SMILES string of the molecule is COc1cc(CC[C@@H](O)CC(=O)CC2(c3cc(O)c(O)c(OC)c3)CCCCC2)ccc1O. The summed E-state index contributed by atoms with van der Waals surface area (Å²) in [6.07, 6.45) is 5.16. The minimum Gasteiger partial charge on any atom is -0.504 e. The highest BCUT2D eigenvalue weighted by Crippen LogP contribution is 2.47. The second kappa shape index (κ2) is 10.8. The van der Waals surface area contributed by atoms with Crippen LogP contribution in [0.3, 0.4) is 0 Å². The molecule has 1 aliphatic carbocycles. The molecule has 4 N–H and O–H groups in total. The van der Waals surface area contributed by atoms with E-state index in [9.17, 15) is 25.2 Å². The van der Waals surface area contributed by atoms with E-state index in [0.29, 0.717) is 18.6 Å². The van der Waals surface area contributed by atoms with Crippen LogP contribution in [-0.4, -0.2) is 46.5 Å². The number of hydrogen-bond acceptors (Lipinski definition) is 7. The first-order valence-corrected chi connectivity index (χ1v) is 11.4. The lowest BCUT2D eigenvalue weighted by atomic mass is 9.66. The van der Waals surface area contributed by atoms with E-state index in [4.69, 9.17) is 9.47 Å². The van der Waals surface area contributed by atoms with Crippen molar-refractivity contribution in [2.45, 2.75) is 69.3 Å². The van der Waals surface area contributed by atoms with Gasteiger partial charge < -0.3 is 29.9 Å². The molecule has 0 aromatic heterocycles. The Balaban J connectivity index is 1.67. The number of phenols is 3. The molecule has 33 heavy (non-hydrogen) atoms. The fourth-order valence-corrected chi connectivity index (χ4v) is 4.88. The normalized spacial score (nSPS) is 16.2. The lowest BCUT2D eigenvalue weighted by molar-refractivity contribution is -0.122. The second-order valence-electron chi connectivity index (χ2n) is 9.01. The van der Waals surface area contributed by atoms with Crippen LogP contribution >= 0.6 is 0 Å². The van der Waals surface area contributed by atoms with Gasteiger partial charge in [-0.25, -0.2) is 0 Å². The summed E-state index contributed by atoms with van der Waals surface area (Å²) in [5.41, 5.74) is 1.25. The van der Waals surface area contributed by atoms with E-state index in [1.807, 2.05) is 0 Å². The first kappa shape index (κ1) is 24.7. The Hall–Kier alpha value is -2.93. The predicted octanol–water partition coefficient (Wildman–Crippen LogP) is 4.37. The van der Waals surface area contributed by atoms with Crippen molar-refractivity contribution in [1.29, 1.82) is 0 Å². The summed E-state index contributed by atoms with van der Waals surface area (Å²) in [4.78, 5) is 13.0. The third-order valence-electron chi connectivity index (χ3n) is 6.71. The van der Waals surface area contributed by atoms with E-state index >= 15 is 0 Å². The highest BCUT2D eigenvalue weighted by atomic mass is 16.5. The summed E-state index contributed by atoms with van der Waals surface area (Å²) in [7, 11) is 2.91. The van der Waals surface area contributed by atoms with Crippen LogP contribution < -0.4 is 9.47 Å². The first-order valence-electron chi connectivity index (χ1n) is 11.4. The number of ketones is 1.